The molecule has 21 heavy (non-hydrogen) atoms. The normalized spacial score (nSPS) is 9.86. The van der Waals surface area contributed by atoms with Gasteiger partial charge in [0, 0.05) is 19.2 Å². The lowest BCUT2D eigenvalue weighted by atomic mass is 10.1. The summed E-state index contributed by atoms with van der Waals surface area (Å²) in [6.45, 7) is 5.01. The third-order valence-corrected chi connectivity index (χ3v) is 2.81. The van der Waals surface area contributed by atoms with Gasteiger partial charge in [-0.25, -0.2) is 0 Å². The van der Waals surface area contributed by atoms with E-state index in [0.717, 1.165) is 16.8 Å². The van der Waals surface area contributed by atoms with Gasteiger partial charge in [0.2, 0.25) is 5.91 Å². The van der Waals surface area contributed by atoms with Crippen molar-refractivity contribution in [1.82, 2.24) is 5.32 Å². The number of esters is 1. The van der Waals surface area contributed by atoms with Gasteiger partial charge in [-0.2, -0.15) is 0 Å². The Labute approximate surface area is 123 Å². The summed E-state index contributed by atoms with van der Waals surface area (Å²) in [5.74, 6) is -1.13. The highest BCUT2D eigenvalue weighted by Crippen LogP contribution is 2.19. The number of benzene rings is 1. The third-order valence-electron chi connectivity index (χ3n) is 2.81. The van der Waals surface area contributed by atoms with Crippen molar-refractivity contribution in [1.29, 1.82) is 0 Å². The Kier molecular flexibility index (Phi) is 6.39. The van der Waals surface area contributed by atoms with E-state index in [-0.39, 0.29) is 31.4 Å². The van der Waals surface area contributed by atoms with Crippen molar-refractivity contribution in [2.45, 2.75) is 27.2 Å². The molecule has 2 amide bonds. The zero-order chi connectivity index (χ0) is 15.8. The molecule has 0 saturated carbocycles. The molecule has 0 atom stereocenters. The monoisotopic (exact) mass is 292 g/mol. The fraction of sp³-hybridized carbons (Fsp3) is 0.400. The van der Waals surface area contributed by atoms with Crippen molar-refractivity contribution in [3.8, 4) is 0 Å². The van der Waals surface area contributed by atoms with Crippen molar-refractivity contribution < 1.29 is 19.1 Å². The number of amides is 2. The van der Waals surface area contributed by atoms with E-state index in [2.05, 4.69) is 10.6 Å². The first-order valence-corrected chi connectivity index (χ1v) is 6.66. The maximum Gasteiger partial charge on any atom is 0.308 e. The summed E-state index contributed by atoms with van der Waals surface area (Å²) in [6.07, 6.45) is 0.0379. The Morgan fingerprint density at radius 2 is 1.76 bits per heavy atom. The number of carbonyl (C=O) groups is 3. The molecule has 114 valence electrons. The van der Waals surface area contributed by atoms with Gasteiger partial charge in [-0.1, -0.05) is 18.2 Å². The van der Waals surface area contributed by atoms with Crippen LogP contribution in [0, 0.1) is 13.8 Å². The maximum atomic E-state index is 11.7. The van der Waals surface area contributed by atoms with Gasteiger partial charge in [0.15, 0.2) is 6.61 Å². The predicted molar refractivity (Wildman–Crippen MR) is 78.8 cm³/mol. The van der Waals surface area contributed by atoms with Gasteiger partial charge in [0.05, 0.1) is 6.42 Å². The molecule has 6 heteroatoms. The van der Waals surface area contributed by atoms with E-state index in [4.69, 9.17) is 4.74 Å². The van der Waals surface area contributed by atoms with Crippen molar-refractivity contribution in [3.05, 3.63) is 29.3 Å². The van der Waals surface area contributed by atoms with Crippen LogP contribution in [-0.2, 0) is 19.1 Å². The minimum Gasteiger partial charge on any atom is -0.456 e. The third kappa shape index (κ3) is 6.07. The second kappa shape index (κ2) is 8.04. The second-order valence-electron chi connectivity index (χ2n) is 4.71. The van der Waals surface area contributed by atoms with E-state index < -0.39 is 5.97 Å². The van der Waals surface area contributed by atoms with E-state index in [1.165, 1.54) is 6.92 Å². The molecule has 0 aliphatic heterocycles. The summed E-state index contributed by atoms with van der Waals surface area (Å²) in [7, 11) is 0. The quantitative estimate of drug-likeness (QED) is 0.774. The topological polar surface area (TPSA) is 84.5 Å². The van der Waals surface area contributed by atoms with Crippen LogP contribution in [0.15, 0.2) is 18.2 Å². The zero-order valence-electron chi connectivity index (χ0n) is 12.5. The molecule has 0 fully saturated rings. The van der Waals surface area contributed by atoms with Crippen molar-refractivity contribution in [2.75, 3.05) is 18.5 Å². The Bertz CT molecular complexity index is 520. The lowest BCUT2D eigenvalue weighted by Gasteiger charge is -2.11. The SMILES string of the molecule is CC(=O)NCCC(=O)OCC(=O)Nc1c(C)cccc1C. The number of para-hydroxylation sites is 1. The number of hydrogen-bond acceptors (Lipinski definition) is 4. The number of aryl methyl sites for hydroxylation is 2. The first-order valence-electron chi connectivity index (χ1n) is 6.66. The first kappa shape index (κ1) is 16.7. The number of carbonyl (C=O) groups excluding carboxylic acids is 3. The summed E-state index contributed by atoms with van der Waals surface area (Å²) in [5.41, 5.74) is 2.62. The fourth-order valence-electron chi connectivity index (χ4n) is 1.75. The van der Waals surface area contributed by atoms with Crippen LogP contribution >= 0.6 is 0 Å². The van der Waals surface area contributed by atoms with E-state index in [1.54, 1.807) is 0 Å². The molecule has 0 spiro atoms. The molecular formula is C15H20N2O4. The summed E-state index contributed by atoms with van der Waals surface area (Å²) in [6, 6.07) is 5.69. The summed E-state index contributed by atoms with van der Waals surface area (Å²) < 4.78 is 4.84. The average molecular weight is 292 g/mol. The van der Waals surface area contributed by atoms with Gasteiger partial charge < -0.3 is 15.4 Å². The molecule has 0 bridgehead atoms. The predicted octanol–water partition coefficient (Wildman–Crippen LogP) is 1.31. The average Bonchev–Trinajstić information content (AvgIpc) is 2.40. The van der Waals surface area contributed by atoms with Crippen molar-refractivity contribution >= 4 is 23.5 Å². The molecule has 0 aliphatic rings. The molecule has 0 unspecified atom stereocenters. The van der Waals surface area contributed by atoms with Crippen LogP contribution in [0.4, 0.5) is 5.69 Å². The number of nitrogens with one attached hydrogen (secondary N) is 2. The highest BCUT2D eigenvalue weighted by molar-refractivity contribution is 5.94. The Morgan fingerprint density at radius 3 is 2.33 bits per heavy atom. The van der Waals surface area contributed by atoms with Crippen LogP contribution in [0.5, 0.6) is 0 Å². The van der Waals surface area contributed by atoms with Gasteiger partial charge in [0.1, 0.15) is 0 Å². The van der Waals surface area contributed by atoms with E-state index in [0.29, 0.717) is 0 Å². The molecule has 0 heterocycles. The number of anilines is 1. The number of ether oxygens (including phenoxy) is 1. The first-order chi connectivity index (χ1) is 9.90. The molecule has 0 saturated heterocycles. The zero-order valence-corrected chi connectivity index (χ0v) is 12.5. The van der Waals surface area contributed by atoms with Crippen LogP contribution in [0.2, 0.25) is 0 Å². The van der Waals surface area contributed by atoms with Gasteiger partial charge in [-0.15, -0.1) is 0 Å². The van der Waals surface area contributed by atoms with Crippen LogP contribution < -0.4 is 10.6 Å². The second-order valence-corrected chi connectivity index (χ2v) is 4.71. The van der Waals surface area contributed by atoms with Crippen LogP contribution in [-0.4, -0.2) is 30.9 Å². The Morgan fingerprint density at radius 1 is 1.14 bits per heavy atom. The molecule has 6 nitrogen and oxygen atoms in total. The standard InChI is InChI=1S/C15H20N2O4/c1-10-5-4-6-11(2)15(10)17-13(19)9-21-14(20)7-8-16-12(3)18/h4-6H,7-9H2,1-3H3,(H,16,18)(H,17,19). The fourth-order valence-corrected chi connectivity index (χ4v) is 1.75. The van der Waals surface area contributed by atoms with E-state index in [1.807, 2.05) is 32.0 Å². The van der Waals surface area contributed by atoms with E-state index >= 15 is 0 Å². The largest absolute Gasteiger partial charge is 0.456 e. The van der Waals surface area contributed by atoms with Gasteiger partial charge >= 0.3 is 5.97 Å². The Balaban J connectivity index is 2.37. The smallest absolute Gasteiger partial charge is 0.308 e. The van der Waals surface area contributed by atoms with Crippen molar-refractivity contribution in [2.24, 2.45) is 0 Å². The summed E-state index contributed by atoms with van der Waals surface area (Å²) >= 11 is 0. The van der Waals surface area contributed by atoms with Gasteiger partial charge in [0.25, 0.3) is 5.91 Å². The molecule has 1 aromatic carbocycles. The maximum absolute atomic E-state index is 11.7. The molecule has 1 aromatic rings. The van der Waals surface area contributed by atoms with Crippen LogP contribution in [0.1, 0.15) is 24.5 Å². The highest BCUT2D eigenvalue weighted by Gasteiger charge is 2.10. The molecule has 0 radical (unpaired) electrons. The number of rotatable bonds is 6. The molecule has 2 N–H and O–H groups in total. The lowest BCUT2D eigenvalue weighted by molar-refractivity contribution is -0.147. The van der Waals surface area contributed by atoms with Crippen molar-refractivity contribution in [3.63, 3.8) is 0 Å². The van der Waals surface area contributed by atoms with E-state index in [9.17, 15) is 14.4 Å². The summed E-state index contributed by atoms with van der Waals surface area (Å²) in [4.78, 5) is 33.7. The summed E-state index contributed by atoms with van der Waals surface area (Å²) in [5, 5.41) is 5.20. The molecular weight excluding hydrogens is 272 g/mol. The van der Waals surface area contributed by atoms with Gasteiger partial charge in [-0.3, -0.25) is 14.4 Å². The van der Waals surface area contributed by atoms with Gasteiger partial charge in [-0.05, 0) is 25.0 Å². The Hall–Kier alpha value is -2.37. The minimum atomic E-state index is -0.527. The molecule has 0 aliphatic carbocycles. The lowest BCUT2D eigenvalue weighted by Crippen LogP contribution is -2.26. The van der Waals surface area contributed by atoms with Crippen LogP contribution in [0.3, 0.4) is 0 Å². The number of hydrogen-bond donors (Lipinski definition) is 2. The molecule has 0 aromatic heterocycles. The highest BCUT2D eigenvalue weighted by atomic mass is 16.5. The molecule has 1 rings (SSSR count). The van der Waals surface area contributed by atoms with Crippen LogP contribution in [0.25, 0.3) is 0 Å². The minimum absolute atomic E-state index is 0.0379.